The highest BCUT2D eigenvalue weighted by molar-refractivity contribution is 5.95. The Hall–Kier alpha value is -1.26. The van der Waals surface area contributed by atoms with Crippen molar-refractivity contribution in [2.75, 3.05) is 20.2 Å². The van der Waals surface area contributed by atoms with Crippen LogP contribution < -0.4 is 0 Å². The van der Waals surface area contributed by atoms with Gasteiger partial charge in [-0.3, -0.25) is 4.79 Å². The molecule has 0 saturated carbocycles. The van der Waals surface area contributed by atoms with Gasteiger partial charge in [0.15, 0.2) is 5.78 Å². The van der Waals surface area contributed by atoms with Crippen LogP contribution in [0.1, 0.15) is 30.1 Å². The predicted molar refractivity (Wildman–Crippen MR) is 69.1 cm³/mol. The summed E-state index contributed by atoms with van der Waals surface area (Å²) >= 11 is 0. The molecule has 0 radical (unpaired) electrons. The number of rotatable bonds is 7. The molecule has 1 atom stereocenters. The minimum atomic E-state index is -0.331. The zero-order valence-electron chi connectivity index (χ0n) is 10.9. The van der Waals surface area contributed by atoms with E-state index in [9.17, 15) is 9.18 Å². The number of hydrogen-bond donors (Lipinski definition) is 1. The molecule has 0 aliphatic rings. The first-order valence-electron chi connectivity index (χ1n) is 6.14. The van der Waals surface area contributed by atoms with E-state index < -0.39 is 0 Å². The van der Waals surface area contributed by atoms with E-state index in [4.69, 9.17) is 5.11 Å². The van der Waals surface area contributed by atoms with Crippen LogP contribution in [0.4, 0.5) is 4.39 Å². The molecule has 100 valence electrons. The quantitative estimate of drug-likeness (QED) is 0.757. The summed E-state index contributed by atoms with van der Waals surface area (Å²) in [5, 5.41) is 8.97. The lowest BCUT2D eigenvalue weighted by Gasteiger charge is -2.22. The summed E-state index contributed by atoms with van der Waals surface area (Å²) in [5.74, 6) is -0.303. The second-order valence-electron chi connectivity index (χ2n) is 4.55. The molecule has 1 rings (SSSR count). The zero-order valence-corrected chi connectivity index (χ0v) is 10.9. The van der Waals surface area contributed by atoms with E-state index >= 15 is 0 Å². The number of benzene rings is 1. The Morgan fingerprint density at radius 3 is 2.56 bits per heavy atom. The second kappa shape index (κ2) is 7.24. The van der Waals surface area contributed by atoms with Crippen molar-refractivity contribution in [1.82, 2.24) is 4.90 Å². The van der Waals surface area contributed by atoms with Gasteiger partial charge in [0, 0.05) is 18.0 Å². The Morgan fingerprint density at radius 1 is 1.39 bits per heavy atom. The fraction of sp³-hybridized carbons (Fsp3) is 0.500. The molecule has 1 aromatic rings. The van der Waals surface area contributed by atoms with Gasteiger partial charge in [0.1, 0.15) is 5.82 Å². The monoisotopic (exact) mass is 253 g/mol. The Bertz CT molecular complexity index is 378. The van der Waals surface area contributed by atoms with Gasteiger partial charge in [-0.15, -0.1) is 0 Å². The van der Waals surface area contributed by atoms with Crippen molar-refractivity contribution in [3.63, 3.8) is 0 Å². The molecule has 0 amide bonds. The highest BCUT2D eigenvalue weighted by Crippen LogP contribution is 2.08. The lowest BCUT2D eigenvalue weighted by molar-refractivity contribution is 0.0969. The summed E-state index contributed by atoms with van der Waals surface area (Å²) in [7, 11) is 1.92. The molecule has 0 aromatic heterocycles. The third-order valence-electron chi connectivity index (χ3n) is 3.10. The standard InChI is InChI=1S/C14H20FNO2/c1-11(10-17)16(2)9-3-4-14(18)12-5-7-13(15)8-6-12/h5-8,11,17H,3-4,9-10H2,1-2H3. The van der Waals surface area contributed by atoms with Crippen LogP contribution >= 0.6 is 0 Å². The molecule has 0 bridgehead atoms. The van der Waals surface area contributed by atoms with E-state index in [-0.39, 0.29) is 24.2 Å². The largest absolute Gasteiger partial charge is 0.395 e. The normalized spacial score (nSPS) is 12.7. The minimum Gasteiger partial charge on any atom is -0.395 e. The van der Waals surface area contributed by atoms with Gasteiger partial charge in [-0.1, -0.05) is 0 Å². The van der Waals surface area contributed by atoms with Gasteiger partial charge >= 0.3 is 0 Å². The summed E-state index contributed by atoms with van der Waals surface area (Å²) in [5.41, 5.74) is 0.550. The van der Waals surface area contributed by atoms with Crippen LogP contribution in [0, 0.1) is 5.82 Å². The van der Waals surface area contributed by atoms with E-state index in [1.54, 1.807) is 0 Å². The third kappa shape index (κ3) is 4.55. The van der Waals surface area contributed by atoms with Gasteiger partial charge in [0.25, 0.3) is 0 Å². The fourth-order valence-electron chi connectivity index (χ4n) is 1.63. The van der Waals surface area contributed by atoms with Crippen LogP contribution in [-0.4, -0.2) is 42.0 Å². The molecule has 1 aromatic carbocycles. The van der Waals surface area contributed by atoms with Crippen LogP contribution in [0.15, 0.2) is 24.3 Å². The van der Waals surface area contributed by atoms with Gasteiger partial charge < -0.3 is 10.0 Å². The maximum atomic E-state index is 12.7. The minimum absolute atomic E-state index is 0.0278. The van der Waals surface area contributed by atoms with Gasteiger partial charge in [-0.2, -0.15) is 0 Å². The molecule has 0 fully saturated rings. The number of aliphatic hydroxyl groups excluding tert-OH is 1. The maximum absolute atomic E-state index is 12.7. The highest BCUT2D eigenvalue weighted by atomic mass is 19.1. The first-order chi connectivity index (χ1) is 8.54. The number of ketones is 1. The van der Waals surface area contributed by atoms with Gasteiger partial charge in [0.2, 0.25) is 0 Å². The van der Waals surface area contributed by atoms with Crippen molar-refractivity contribution >= 4 is 5.78 Å². The number of nitrogens with zero attached hydrogens (tertiary/aromatic N) is 1. The van der Waals surface area contributed by atoms with Crippen molar-refractivity contribution in [3.05, 3.63) is 35.6 Å². The number of carbonyl (C=O) groups is 1. The molecular weight excluding hydrogens is 233 g/mol. The summed E-state index contributed by atoms with van der Waals surface area (Å²) in [6.45, 7) is 2.80. The summed E-state index contributed by atoms with van der Waals surface area (Å²) in [6.07, 6.45) is 1.17. The molecule has 0 aliphatic heterocycles. The van der Waals surface area contributed by atoms with E-state index in [1.807, 2.05) is 18.9 Å². The maximum Gasteiger partial charge on any atom is 0.162 e. The van der Waals surface area contributed by atoms with Crippen LogP contribution in [0.2, 0.25) is 0 Å². The molecule has 1 N–H and O–H groups in total. The Balaban J connectivity index is 2.35. The molecular formula is C14H20FNO2. The van der Waals surface area contributed by atoms with Crippen LogP contribution in [0.3, 0.4) is 0 Å². The van der Waals surface area contributed by atoms with Crippen molar-refractivity contribution in [2.45, 2.75) is 25.8 Å². The number of carbonyl (C=O) groups excluding carboxylic acids is 1. The Labute approximate surface area is 107 Å². The number of halogens is 1. The first-order valence-corrected chi connectivity index (χ1v) is 6.14. The van der Waals surface area contributed by atoms with Gasteiger partial charge in [-0.05, 0) is 51.2 Å². The summed E-state index contributed by atoms with van der Waals surface area (Å²) < 4.78 is 12.7. The SMILES string of the molecule is CC(CO)N(C)CCCC(=O)c1ccc(F)cc1. The second-order valence-corrected chi connectivity index (χ2v) is 4.55. The topological polar surface area (TPSA) is 40.5 Å². The summed E-state index contributed by atoms with van der Waals surface area (Å²) in [4.78, 5) is 13.8. The summed E-state index contributed by atoms with van der Waals surface area (Å²) in [6, 6.07) is 5.72. The molecule has 1 unspecified atom stereocenters. The lowest BCUT2D eigenvalue weighted by Crippen LogP contribution is -2.32. The highest BCUT2D eigenvalue weighted by Gasteiger charge is 2.09. The van der Waals surface area contributed by atoms with Crippen LogP contribution in [0.25, 0.3) is 0 Å². The number of aliphatic hydroxyl groups is 1. The van der Waals surface area contributed by atoms with Crippen molar-refractivity contribution < 1.29 is 14.3 Å². The van der Waals surface area contributed by atoms with Crippen molar-refractivity contribution in [3.8, 4) is 0 Å². The number of Topliss-reactive ketones (excluding diaryl/α,β-unsaturated/α-hetero) is 1. The number of likely N-dealkylation sites (N-methyl/N-ethyl adjacent to an activating group) is 1. The average molecular weight is 253 g/mol. The Kier molecular flexibility index (Phi) is 5.95. The van der Waals surface area contributed by atoms with Crippen molar-refractivity contribution in [2.24, 2.45) is 0 Å². The van der Waals surface area contributed by atoms with Gasteiger partial charge in [0.05, 0.1) is 6.61 Å². The molecule has 0 aliphatic carbocycles. The Morgan fingerprint density at radius 2 is 2.00 bits per heavy atom. The van der Waals surface area contributed by atoms with E-state index in [0.29, 0.717) is 12.0 Å². The third-order valence-corrected chi connectivity index (χ3v) is 3.10. The van der Waals surface area contributed by atoms with E-state index in [1.165, 1.54) is 24.3 Å². The van der Waals surface area contributed by atoms with Crippen LogP contribution in [-0.2, 0) is 0 Å². The predicted octanol–water partition coefficient (Wildman–Crippen LogP) is 2.10. The number of hydrogen-bond acceptors (Lipinski definition) is 3. The molecule has 0 heterocycles. The molecule has 4 heteroatoms. The molecule has 0 saturated heterocycles. The zero-order chi connectivity index (χ0) is 13.5. The fourth-order valence-corrected chi connectivity index (χ4v) is 1.63. The molecule has 0 spiro atoms. The first kappa shape index (κ1) is 14.8. The van der Waals surface area contributed by atoms with Crippen molar-refractivity contribution in [1.29, 1.82) is 0 Å². The molecule has 3 nitrogen and oxygen atoms in total. The lowest BCUT2D eigenvalue weighted by atomic mass is 10.1. The van der Waals surface area contributed by atoms with Gasteiger partial charge in [-0.25, -0.2) is 4.39 Å². The smallest absolute Gasteiger partial charge is 0.162 e. The molecule has 18 heavy (non-hydrogen) atoms. The van der Waals surface area contributed by atoms with Crippen LogP contribution in [0.5, 0.6) is 0 Å². The van der Waals surface area contributed by atoms with E-state index in [2.05, 4.69) is 0 Å². The average Bonchev–Trinajstić information content (AvgIpc) is 2.38. The van der Waals surface area contributed by atoms with E-state index in [0.717, 1.165) is 13.0 Å².